The monoisotopic (exact) mass is 440 g/mol. The maximum Gasteiger partial charge on any atom is 0.264 e. The fraction of sp³-hybridized carbons (Fsp3) is 0.480. The van der Waals surface area contributed by atoms with E-state index in [9.17, 15) is 13.7 Å². The molecule has 1 aliphatic rings. The van der Waals surface area contributed by atoms with Crippen molar-refractivity contribution in [3.8, 4) is 11.8 Å². The van der Waals surface area contributed by atoms with Crippen molar-refractivity contribution in [2.45, 2.75) is 76.7 Å². The molecule has 0 N–H and O–H groups in total. The third-order valence-corrected chi connectivity index (χ3v) is 7.71. The molecular weight excluding hydrogens is 408 g/mol. The quantitative estimate of drug-likeness (QED) is 0.649. The number of hydrogen-bond donors (Lipinski definition) is 0. The minimum Gasteiger partial charge on any atom is -0.496 e. The van der Waals surface area contributed by atoms with E-state index in [2.05, 4.69) is 47.6 Å². The number of anilines is 1. The predicted octanol–water partition coefficient (Wildman–Crippen LogP) is 5.30. The van der Waals surface area contributed by atoms with Gasteiger partial charge in [0.1, 0.15) is 5.75 Å². The van der Waals surface area contributed by atoms with Crippen LogP contribution < -0.4 is 9.04 Å². The zero-order chi connectivity index (χ0) is 23.4. The molecule has 0 fully saturated rings. The Hall–Kier alpha value is -2.52. The van der Waals surface area contributed by atoms with E-state index < -0.39 is 10.0 Å². The minimum atomic E-state index is -3.82. The number of nitriles is 1. The van der Waals surface area contributed by atoms with Crippen molar-refractivity contribution in [3.63, 3.8) is 0 Å². The summed E-state index contributed by atoms with van der Waals surface area (Å²) in [5.41, 5.74) is 3.22. The van der Waals surface area contributed by atoms with E-state index in [1.165, 1.54) is 4.31 Å². The van der Waals surface area contributed by atoms with Crippen LogP contribution in [-0.4, -0.2) is 21.6 Å². The third-order valence-electron chi connectivity index (χ3n) is 5.80. The van der Waals surface area contributed by atoms with Crippen LogP contribution in [-0.2, 0) is 27.3 Å². The lowest BCUT2D eigenvalue weighted by Crippen LogP contribution is -2.36. The maximum absolute atomic E-state index is 13.9. The summed E-state index contributed by atoms with van der Waals surface area (Å²) in [5, 5.41) is 9.21. The van der Waals surface area contributed by atoms with Crippen LogP contribution >= 0.6 is 0 Å². The molecule has 166 valence electrons. The van der Waals surface area contributed by atoms with Crippen LogP contribution in [0.1, 0.15) is 70.7 Å². The lowest BCUT2D eigenvalue weighted by Gasteiger charge is -2.31. The average molecular weight is 441 g/mol. The standard InChI is InChI=1S/C25H32N2O3S/c1-16-11-18-12-17(15-26)9-10-22(18)27(16)31(28,29)19-13-20(24(2,3)4)23(30-8)21(14-19)25(5,6)7/h9-10,12-14,16H,11H2,1-8H3/t16-/m1/s1. The zero-order valence-corrected chi connectivity index (χ0v) is 20.5. The molecule has 2 aromatic carbocycles. The van der Waals surface area contributed by atoms with Crippen LogP contribution in [0, 0.1) is 11.3 Å². The minimum absolute atomic E-state index is 0.229. The highest BCUT2D eigenvalue weighted by Crippen LogP contribution is 2.43. The van der Waals surface area contributed by atoms with E-state index in [4.69, 9.17) is 4.74 Å². The van der Waals surface area contributed by atoms with Gasteiger partial charge in [0.15, 0.2) is 0 Å². The van der Waals surface area contributed by atoms with Crippen molar-refractivity contribution >= 4 is 15.7 Å². The summed E-state index contributed by atoms with van der Waals surface area (Å²) in [6, 6.07) is 10.6. The van der Waals surface area contributed by atoms with Crippen LogP contribution in [0.25, 0.3) is 0 Å². The Morgan fingerprint density at radius 2 is 1.58 bits per heavy atom. The van der Waals surface area contributed by atoms with Crippen molar-refractivity contribution in [1.82, 2.24) is 0 Å². The molecule has 1 aliphatic heterocycles. The average Bonchev–Trinajstić information content (AvgIpc) is 3.00. The van der Waals surface area contributed by atoms with Crippen LogP contribution in [0.2, 0.25) is 0 Å². The first-order valence-corrected chi connectivity index (χ1v) is 12.0. The van der Waals surface area contributed by atoms with Gasteiger partial charge in [0.25, 0.3) is 10.0 Å². The maximum atomic E-state index is 13.9. The summed E-state index contributed by atoms with van der Waals surface area (Å²) in [6.07, 6.45) is 0.582. The number of benzene rings is 2. The summed E-state index contributed by atoms with van der Waals surface area (Å²) >= 11 is 0. The van der Waals surface area contributed by atoms with Crippen molar-refractivity contribution < 1.29 is 13.2 Å². The lowest BCUT2D eigenvalue weighted by molar-refractivity contribution is 0.380. The number of nitrogens with zero attached hydrogens (tertiary/aromatic N) is 2. The van der Waals surface area contributed by atoms with Crippen molar-refractivity contribution in [2.75, 3.05) is 11.4 Å². The first kappa shape index (κ1) is 23.1. The highest BCUT2D eigenvalue weighted by Gasteiger charge is 2.38. The molecule has 0 bridgehead atoms. The molecule has 0 aromatic heterocycles. The number of sulfonamides is 1. The molecule has 1 heterocycles. The molecule has 0 unspecified atom stereocenters. The second kappa shape index (κ2) is 7.56. The Kier molecular flexibility index (Phi) is 5.65. The Labute approximate surface area is 186 Å². The van der Waals surface area contributed by atoms with E-state index in [1.807, 2.05) is 6.92 Å². The molecule has 0 saturated carbocycles. The van der Waals surface area contributed by atoms with Gasteiger partial charge in [0, 0.05) is 17.2 Å². The smallest absolute Gasteiger partial charge is 0.264 e. The summed E-state index contributed by atoms with van der Waals surface area (Å²) in [5.74, 6) is 0.743. The second-order valence-electron chi connectivity index (χ2n) is 10.4. The molecule has 2 aromatic rings. The van der Waals surface area contributed by atoms with Gasteiger partial charge < -0.3 is 4.74 Å². The second-order valence-corrected chi connectivity index (χ2v) is 12.2. The number of methoxy groups -OCH3 is 1. The van der Waals surface area contributed by atoms with E-state index in [1.54, 1.807) is 37.4 Å². The van der Waals surface area contributed by atoms with Gasteiger partial charge in [0.05, 0.1) is 29.3 Å². The fourth-order valence-electron chi connectivity index (χ4n) is 4.24. The summed E-state index contributed by atoms with van der Waals surface area (Å²) in [4.78, 5) is 0.271. The largest absolute Gasteiger partial charge is 0.496 e. The van der Waals surface area contributed by atoms with Gasteiger partial charge in [-0.1, -0.05) is 41.5 Å². The Balaban J connectivity index is 2.27. The van der Waals surface area contributed by atoms with E-state index >= 15 is 0 Å². The molecule has 1 atom stereocenters. The summed E-state index contributed by atoms with van der Waals surface area (Å²) in [7, 11) is -2.18. The predicted molar refractivity (Wildman–Crippen MR) is 124 cm³/mol. The van der Waals surface area contributed by atoms with Crippen molar-refractivity contribution in [2.24, 2.45) is 0 Å². The van der Waals surface area contributed by atoms with Crippen LogP contribution in [0.4, 0.5) is 5.69 Å². The molecule has 0 aliphatic carbocycles. The van der Waals surface area contributed by atoms with Gasteiger partial charge in [-0.05, 0) is 60.1 Å². The van der Waals surface area contributed by atoms with Gasteiger partial charge in [-0.15, -0.1) is 0 Å². The first-order valence-electron chi connectivity index (χ1n) is 10.5. The van der Waals surface area contributed by atoms with Gasteiger partial charge >= 0.3 is 0 Å². The van der Waals surface area contributed by atoms with E-state index in [0.717, 1.165) is 22.4 Å². The Morgan fingerprint density at radius 3 is 2.03 bits per heavy atom. The molecule has 0 amide bonds. The van der Waals surface area contributed by atoms with Crippen LogP contribution in [0.5, 0.6) is 5.75 Å². The molecule has 6 heteroatoms. The van der Waals surface area contributed by atoms with E-state index in [-0.39, 0.29) is 21.8 Å². The van der Waals surface area contributed by atoms with Gasteiger partial charge in [0.2, 0.25) is 0 Å². The van der Waals surface area contributed by atoms with E-state index in [0.29, 0.717) is 17.7 Å². The SMILES string of the molecule is COc1c(C(C)(C)C)cc(S(=O)(=O)N2c3ccc(C#N)cc3C[C@H]2C)cc1C(C)(C)C. The molecule has 0 radical (unpaired) electrons. The van der Waals surface area contributed by atoms with Crippen LogP contribution in [0.15, 0.2) is 35.2 Å². The summed E-state index contributed by atoms with van der Waals surface area (Å²) < 4.78 is 35.2. The summed E-state index contributed by atoms with van der Waals surface area (Å²) in [6.45, 7) is 14.3. The first-order chi connectivity index (χ1) is 14.2. The van der Waals surface area contributed by atoms with Gasteiger partial charge in [-0.3, -0.25) is 4.31 Å². The Bertz CT molecular complexity index is 1130. The third kappa shape index (κ3) is 4.04. The fourth-order valence-corrected chi connectivity index (χ4v) is 5.98. The number of hydrogen-bond acceptors (Lipinski definition) is 4. The van der Waals surface area contributed by atoms with Gasteiger partial charge in [-0.25, -0.2) is 8.42 Å². The van der Waals surface area contributed by atoms with Crippen molar-refractivity contribution in [3.05, 3.63) is 52.6 Å². The molecule has 0 spiro atoms. The highest BCUT2D eigenvalue weighted by atomic mass is 32.2. The highest BCUT2D eigenvalue weighted by molar-refractivity contribution is 7.92. The van der Waals surface area contributed by atoms with Gasteiger partial charge in [-0.2, -0.15) is 5.26 Å². The molecular formula is C25H32N2O3S. The normalized spacial score (nSPS) is 16.7. The molecule has 31 heavy (non-hydrogen) atoms. The molecule has 5 nitrogen and oxygen atoms in total. The lowest BCUT2D eigenvalue weighted by atomic mass is 9.79. The number of rotatable bonds is 3. The Morgan fingerprint density at radius 1 is 1.03 bits per heavy atom. The zero-order valence-electron chi connectivity index (χ0n) is 19.7. The number of fused-ring (bicyclic) bond motifs is 1. The van der Waals surface area contributed by atoms with Crippen molar-refractivity contribution in [1.29, 1.82) is 5.26 Å². The topological polar surface area (TPSA) is 70.4 Å². The molecule has 3 rings (SSSR count). The molecule has 0 saturated heterocycles. The number of ether oxygens (including phenoxy) is 1. The van der Waals surface area contributed by atoms with Crippen LogP contribution in [0.3, 0.4) is 0 Å².